The van der Waals surface area contributed by atoms with Crippen LogP contribution in [-0.4, -0.2) is 30.3 Å². The van der Waals surface area contributed by atoms with E-state index in [9.17, 15) is 4.79 Å². The average Bonchev–Trinajstić information content (AvgIpc) is 2.47. The van der Waals surface area contributed by atoms with Crippen LogP contribution in [0.2, 0.25) is 0 Å². The van der Waals surface area contributed by atoms with Gasteiger partial charge in [-0.1, -0.05) is 26.7 Å². The van der Waals surface area contributed by atoms with Gasteiger partial charge in [-0.05, 0) is 44.2 Å². The van der Waals surface area contributed by atoms with E-state index in [4.69, 9.17) is 0 Å². The molecule has 0 amide bonds. The molecule has 2 nitrogen and oxygen atoms in total. The van der Waals surface area contributed by atoms with Crippen LogP contribution in [0.15, 0.2) is 0 Å². The second-order valence-electron chi connectivity index (χ2n) is 6.73. The fraction of sp³-hybridized carbons (Fsp3) is 0.933. The Kier molecular flexibility index (Phi) is 4.24. The van der Waals surface area contributed by atoms with Crippen molar-refractivity contribution in [3.8, 4) is 0 Å². The Morgan fingerprint density at radius 1 is 1.18 bits per heavy atom. The lowest BCUT2D eigenvalue weighted by Gasteiger charge is -2.38. The number of nitrogens with zero attached hydrogens (tertiary/aromatic N) is 1. The summed E-state index contributed by atoms with van der Waals surface area (Å²) >= 11 is 0. The van der Waals surface area contributed by atoms with Crippen LogP contribution >= 0.6 is 0 Å². The van der Waals surface area contributed by atoms with E-state index in [2.05, 4.69) is 18.7 Å². The molecule has 0 spiro atoms. The molecule has 0 aromatic rings. The molecule has 2 rings (SSSR count). The van der Waals surface area contributed by atoms with Gasteiger partial charge in [0.05, 0.1) is 0 Å². The predicted octanol–water partition coefficient (Wildman–Crippen LogP) is 3.26. The SMILES string of the molecule is CC1(C)CCN(CC2CCCCCC2=O)CC1. The van der Waals surface area contributed by atoms with E-state index in [0.29, 0.717) is 17.1 Å². The van der Waals surface area contributed by atoms with E-state index in [-0.39, 0.29) is 0 Å². The van der Waals surface area contributed by atoms with Gasteiger partial charge in [0.25, 0.3) is 0 Å². The Morgan fingerprint density at radius 3 is 2.59 bits per heavy atom. The summed E-state index contributed by atoms with van der Waals surface area (Å²) in [4.78, 5) is 14.5. The van der Waals surface area contributed by atoms with Gasteiger partial charge in [-0.25, -0.2) is 0 Å². The Morgan fingerprint density at radius 2 is 1.88 bits per heavy atom. The maximum atomic E-state index is 12.0. The third-order valence-corrected chi connectivity index (χ3v) is 4.62. The molecule has 0 N–H and O–H groups in total. The van der Waals surface area contributed by atoms with Crippen LogP contribution in [0.3, 0.4) is 0 Å². The van der Waals surface area contributed by atoms with Gasteiger partial charge in [-0.15, -0.1) is 0 Å². The van der Waals surface area contributed by atoms with Gasteiger partial charge in [0.2, 0.25) is 0 Å². The number of hydrogen-bond acceptors (Lipinski definition) is 2. The van der Waals surface area contributed by atoms with E-state index in [1.807, 2.05) is 0 Å². The van der Waals surface area contributed by atoms with Crippen LogP contribution in [-0.2, 0) is 4.79 Å². The van der Waals surface area contributed by atoms with Crippen molar-refractivity contribution in [3.63, 3.8) is 0 Å². The topological polar surface area (TPSA) is 20.3 Å². The van der Waals surface area contributed by atoms with Crippen molar-refractivity contribution >= 4 is 5.78 Å². The number of rotatable bonds is 2. The van der Waals surface area contributed by atoms with Crippen molar-refractivity contribution in [1.29, 1.82) is 0 Å². The number of hydrogen-bond donors (Lipinski definition) is 0. The monoisotopic (exact) mass is 237 g/mol. The van der Waals surface area contributed by atoms with Crippen molar-refractivity contribution < 1.29 is 4.79 Å². The Labute approximate surface area is 106 Å². The largest absolute Gasteiger partial charge is 0.303 e. The molecule has 1 saturated heterocycles. The van der Waals surface area contributed by atoms with Crippen LogP contribution < -0.4 is 0 Å². The molecule has 17 heavy (non-hydrogen) atoms. The van der Waals surface area contributed by atoms with Gasteiger partial charge < -0.3 is 4.90 Å². The van der Waals surface area contributed by atoms with E-state index < -0.39 is 0 Å². The molecule has 1 saturated carbocycles. The average molecular weight is 237 g/mol. The molecule has 1 aliphatic carbocycles. The van der Waals surface area contributed by atoms with E-state index >= 15 is 0 Å². The Hall–Kier alpha value is -0.370. The molecule has 2 fully saturated rings. The number of likely N-dealkylation sites (tertiary alicyclic amines) is 1. The second kappa shape index (κ2) is 5.51. The van der Waals surface area contributed by atoms with E-state index in [1.54, 1.807) is 0 Å². The standard InChI is InChI=1S/C15H27NO/c1-15(2)8-10-16(11-9-15)12-13-6-4-3-5-7-14(13)17/h13H,3-12H2,1-2H3. The maximum Gasteiger partial charge on any atom is 0.137 e. The van der Waals surface area contributed by atoms with Crippen LogP contribution in [0.1, 0.15) is 58.8 Å². The second-order valence-corrected chi connectivity index (χ2v) is 6.73. The predicted molar refractivity (Wildman–Crippen MR) is 71.0 cm³/mol. The summed E-state index contributed by atoms with van der Waals surface area (Å²) in [5.41, 5.74) is 0.518. The minimum absolute atomic E-state index is 0.346. The van der Waals surface area contributed by atoms with E-state index in [0.717, 1.165) is 25.8 Å². The first-order chi connectivity index (χ1) is 8.07. The number of Topliss-reactive ketones (excluding diaryl/α,β-unsaturated/α-hetero) is 1. The number of carbonyl (C=O) groups excluding carboxylic acids is 1. The molecule has 98 valence electrons. The highest BCUT2D eigenvalue weighted by molar-refractivity contribution is 5.81. The summed E-state index contributed by atoms with van der Waals surface area (Å²) in [5.74, 6) is 0.881. The first kappa shape index (κ1) is 13.1. The molecule has 2 aliphatic rings. The molecular weight excluding hydrogens is 210 g/mol. The highest BCUT2D eigenvalue weighted by Crippen LogP contribution is 2.31. The molecule has 1 atom stereocenters. The van der Waals surface area contributed by atoms with Crippen molar-refractivity contribution in [2.24, 2.45) is 11.3 Å². The minimum atomic E-state index is 0.346. The summed E-state index contributed by atoms with van der Waals surface area (Å²) in [7, 11) is 0. The van der Waals surface area contributed by atoms with Gasteiger partial charge >= 0.3 is 0 Å². The first-order valence-corrected chi connectivity index (χ1v) is 7.32. The Bertz CT molecular complexity index is 262. The smallest absolute Gasteiger partial charge is 0.137 e. The van der Waals surface area contributed by atoms with Crippen LogP contribution in [0.4, 0.5) is 0 Å². The number of carbonyl (C=O) groups is 1. The fourth-order valence-electron chi connectivity index (χ4n) is 3.08. The van der Waals surface area contributed by atoms with Crippen LogP contribution in [0, 0.1) is 11.3 Å². The van der Waals surface area contributed by atoms with Crippen LogP contribution in [0.25, 0.3) is 0 Å². The van der Waals surface area contributed by atoms with Gasteiger partial charge in [-0.2, -0.15) is 0 Å². The molecule has 1 unspecified atom stereocenters. The van der Waals surface area contributed by atoms with Gasteiger partial charge in [0.1, 0.15) is 5.78 Å². The molecule has 1 heterocycles. The number of piperidine rings is 1. The highest BCUT2D eigenvalue weighted by Gasteiger charge is 2.28. The lowest BCUT2D eigenvalue weighted by Crippen LogP contribution is -2.41. The van der Waals surface area contributed by atoms with Gasteiger partial charge in [0.15, 0.2) is 0 Å². The highest BCUT2D eigenvalue weighted by atomic mass is 16.1. The van der Waals surface area contributed by atoms with Crippen molar-refractivity contribution in [3.05, 3.63) is 0 Å². The summed E-state index contributed by atoms with van der Waals surface area (Å²) in [6.45, 7) is 8.14. The molecule has 2 heteroatoms. The van der Waals surface area contributed by atoms with Crippen molar-refractivity contribution in [2.75, 3.05) is 19.6 Å². The molecule has 0 aromatic carbocycles. The van der Waals surface area contributed by atoms with Crippen molar-refractivity contribution in [1.82, 2.24) is 4.90 Å². The Balaban J connectivity index is 1.82. The van der Waals surface area contributed by atoms with E-state index in [1.165, 1.54) is 38.8 Å². The zero-order valence-corrected chi connectivity index (χ0v) is 11.5. The molecule has 1 aliphatic heterocycles. The summed E-state index contributed by atoms with van der Waals surface area (Å²) in [6.07, 6.45) is 8.19. The number of ketones is 1. The van der Waals surface area contributed by atoms with Crippen LogP contribution in [0.5, 0.6) is 0 Å². The first-order valence-electron chi connectivity index (χ1n) is 7.32. The molecular formula is C15H27NO. The zero-order valence-electron chi connectivity index (χ0n) is 11.5. The molecule has 0 bridgehead atoms. The lowest BCUT2D eigenvalue weighted by atomic mass is 9.82. The quantitative estimate of drug-likeness (QED) is 0.687. The van der Waals surface area contributed by atoms with Gasteiger partial charge in [-0.3, -0.25) is 4.79 Å². The normalized spacial score (nSPS) is 31.2. The third kappa shape index (κ3) is 3.80. The molecule has 0 aromatic heterocycles. The van der Waals surface area contributed by atoms with Gasteiger partial charge in [0, 0.05) is 18.9 Å². The maximum absolute atomic E-state index is 12.0. The summed E-state index contributed by atoms with van der Waals surface area (Å²) in [5, 5.41) is 0. The third-order valence-electron chi connectivity index (χ3n) is 4.62. The summed E-state index contributed by atoms with van der Waals surface area (Å²) < 4.78 is 0. The minimum Gasteiger partial charge on any atom is -0.303 e. The van der Waals surface area contributed by atoms with Crippen molar-refractivity contribution in [2.45, 2.75) is 58.8 Å². The summed E-state index contributed by atoms with van der Waals surface area (Å²) in [6, 6.07) is 0. The zero-order chi connectivity index (χ0) is 12.3. The fourth-order valence-corrected chi connectivity index (χ4v) is 3.08. The molecule has 0 radical (unpaired) electrons. The lowest BCUT2D eigenvalue weighted by molar-refractivity contribution is -0.123.